The van der Waals surface area contributed by atoms with Gasteiger partial charge in [0.15, 0.2) is 0 Å². The zero-order valence-electron chi connectivity index (χ0n) is 20.5. The number of halogens is 1. The van der Waals surface area contributed by atoms with Gasteiger partial charge in [0.25, 0.3) is 10.0 Å². The van der Waals surface area contributed by atoms with Crippen molar-refractivity contribution in [3.8, 4) is 23.0 Å². The molecule has 0 aliphatic rings. The molecule has 0 aliphatic carbocycles. The maximum atomic E-state index is 13.8. The van der Waals surface area contributed by atoms with Crippen molar-refractivity contribution in [1.82, 2.24) is 0 Å². The fourth-order valence-electron chi connectivity index (χ4n) is 3.45. The summed E-state index contributed by atoms with van der Waals surface area (Å²) in [6, 6.07) is 14.1. The summed E-state index contributed by atoms with van der Waals surface area (Å²) in [5, 5.41) is 2.98. The number of ether oxygens (including phenoxy) is 4. The van der Waals surface area contributed by atoms with E-state index in [4.69, 9.17) is 30.5 Å². The lowest BCUT2D eigenvalue weighted by Crippen LogP contribution is -2.38. The highest BCUT2D eigenvalue weighted by molar-refractivity contribution is 7.93. The summed E-state index contributed by atoms with van der Waals surface area (Å²) < 4.78 is 49.7. The van der Waals surface area contributed by atoms with E-state index < -0.39 is 22.5 Å². The van der Waals surface area contributed by atoms with E-state index in [2.05, 4.69) is 5.32 Å². The van der Waals surface area contributed by atoms with Crippen LogP contribution < -0.4 is 28.6 Å². The maximum Gasteiger partial charge on any atom is 0.268 e. The molecule has 0 spiro atoms. The van der Waals surface area contributed by atoms with Crippen molar-refractivity contribution in [2.45, 2.75) is 11.8 Å². The minimum absolute atomic E-state index is 0.0700. The van der Waals surface area contributed by atoms with E-state index in [-0.39, 0.29) is 27.8 Å². The lowest BCUT2D eigenvalue weighted by Gasteiger charge is -2.25. The van der Waals surface area contributed by atoms with Gasteiger partial charge < -0.3 is 24.3 Å². The molecule has 1 amide bonds. The fraction of sp³-hybridized carbons (Fsp3) is 0.240. The van der Waals surface area contributed by atoms with Crippen LogP contribution in [0.5, 0.6) is 23.0 Å². The summed E-state index contributed by atoms with van der Waals surface area (Å²) in [6.07, 6.45) is 0. The van der Waals surface area contributed by atoms with Crippen LogP contribution in [0.1, 0.15) is 5.56 Å². The first kappa shape index (κ1) is 27.0. The molecule has 0 unspecified atom stereocenters. The molecule has 3 aromatic carbocycles. The zero-order valence-corrected chi connectivity index (χ0v) is 22.1. The molecule has 0 atom stereocenters. The molecule has 192 valence electrons. The molecule has 0 heterocycles. The Bertz CT molecular complexity index is 1350. The standard InChI is InChI=1S/C25H27ClN2O7S/c1-16-6-11-21(33-3)24(12-16)36(30,31)28(17-7-9-18(32-2)10-8-17)15-25(29)27-20-14-22(34-4)19(26)13-23(20)35-5/h6-14H,15H2,1-5H3,(H,27,29). The van der Waals surface area contributed by atoms with Gasteiger partial charge >= 0.3 is 0 Å². The van der Waals surface area contributed by atoms with Crippen molar-refractivity contribution in [3.05, 3.63) is 65.2 Å². The number of amides is 1. The Morgan fingerprint density at radius 2 is 1.50 bits per heavy atom. The Hall–Kier alpha value is -3.63. The van der Waals surface area contributed by atoms with Crippen LogP contribution in [-0.4, -0.2) is 49.3 Å². The smallest absolute Gasteiger partial charge is 0.268 e. The molecule has 0 bridgehead atoms. The van der Waals surface area contributed by atoms with Crippen molar-refractivity contribution in [1.29, 1.82) is 0 Å². The van der Waals surface area contributed by atoms with E-state index >= 15 is 0 Å². The average Bonchev–Trinajstić information content (AvgIpc) is 2.88. The van der Waals surface area contributed by atoms with E-state index in [1.54, 1.807) is 43.3 Å². The summed E-state index contributed by atoms with van der Waals surface area (Å²) in [5.74, 6) is 0.671. The van der Waals surface area contributed by atoms with Gasteiger partial charge in [-0.15, -0.1) is 0 Å². The number of carbonyl (C=O) groups is 1. The van der Waals surface area contributed by atoms with Crippen LogP contribution in [-0.2, 0) is 14.8 Å². The predicted molar refractivity (Wildman–Crippen MR) is 138 cm³/mol. The van der Waals surface area contributed by atoms with Crippen LogP contribution in [0.4, 0.5) is 11.4 Å². The minimum Gasteiger partial charge on any atom is -0.497 e. The molecule has 3 rings (SSSR count). The first-order chi connectivity index (χ1) is 17.1. The summed E-state index contributed by atoms with van der Waals surface area (Å²) in [4.78, 5) is 13.1. The second-order valence-corrected chi connectivity index (χ2v) is 9.84. The monoisotopic (exact) mass is 534 g/mol. The predicted octanol–water partition coefficient (Wildman–Crippen LogP) is 4.52. The number of aryl methyl sites for hydroxylation is 1. The zero-order chi connectivity index (χ0) is 26.5. The van der Waals surface area contributed by atoms with E-state index in [0.717, 1.165) is 4.31 Å². The number of hydrogen-bond acceptors (Lipinski definition) is 7. The molecule has 0 radical (unpaired) electrons. The molecule has 3 aromatic rings. The largest absolute Gasteiger partial charge is 0.497 e. The van der Waals surface area contributed by atoms with Gasteiger partial charge in [0, 0.05) is 12.1 Å². The number of carbonyl (C=O) groups excluding carboxylic acids is 1. The number of rotatable bonds is 10. The van der Waals surface area contributed by atoms with Gasteiger partial charge in [0.2, 0.25) is 5.91 Å². The van der Waals surface area contributed by atoms with Gasteiger partial charge in [-0.2, -0.15) is 0 Å². The Morgan fingerprint density at radius 1 is 0.861 bits per heavy atom. The Balaban J connectivity index is 2.04. The second kappa shape index (κ2) is 11.4. The molecule has 0 aliphatic heterocycles. The third-order valence-corrected chi connectivity index (χ3v) is 7.37. The summed E-state index contributed by atoms with van der Waals surface area (Å²) in [6.45, 7) is 1.23. The normalized spacial score (nSPS) is 10.9. The van der Waals surface area contributed by atoms with Gasteiger partial charge in [0.1, 0.15) is 34.4 Å². The highest BCUT2D eigenvalue weighted by atomic mass is 35.5. The van der Waals surface area contributed by atoms with E-state index in [0.29, 0.717) is 22.1 Å². The van der Waals surface area contributed by atoms with Crippen molar-refractivity contribution in [2.24, 2.45) is 0 Å². The SMILES string of the molecule is COc1ccc(N(CC(=O)Nc2cc(OC)c(Cl)cc2OC)S(=O)(=O)c2cc(C)ccc2OC)cc1. The quantitative estimate of drug-likeness (QED) is 0.408. The van der Waals surface area contributed by atoms with Crippen molar-refractivity contribution >= 4 is 38.9 Å². The van der Waals surface area contributed by atoms with Gasteiger partial charge in [-0.25, -0.2) is 8.42 Å². The van der Waals surface area contributed by atoms with Gasteiger partial charge in [-0.3, -0.25) is 9.10 Å². The number of anilines is 2. The second-order valence-electron chi connectivity index (χ2n) is 7.60. The average molecular weight is 535 g/mol. The van der Waals surface area contributed by atoms with Gasteiger partial charge in [-0.05, 0) is 48.9 Å². The van der Waals surface area contributed by atoms with Crippen LogP contribution >= 0.6 is 11.6 Å². The third kappa shape index (κ3) is 5.77. The maximum absolute atomic E-state index is 13.8. The van der Waals surface area contributed by atoms with Crippen LogP contribution in [0.3, 0.4) is 0 Å². The van der Waals surface area contributed by atoms with E-state index in [1.807, 2.05) is 0 Å². The van der Waals surface area contributed by atoms with Crippen molar-refractivity contribution in [2.75, 3.05) is 44.6 Å². The summed E-state index contributed by atoms with van der Waals surface area (Å²) in [5.41, 5.74) is 1.24. The van der Waals surface area contributed by atoms with Crippen molar-refractivity contribution in [3.63, 3.8) is 0 Å². The molecule has 1 N–H and O–H groups in total. The molecule has 0 aromatic heterocycles. The Morgan fingerprint density at radius 3 is 2.08 bits per heavy atom. The molecule has 0 fully saturated rings. The van der Waals surface area contributed by atoms with Crippen LogP contribution in [0.15, 0.2) is 59.5 Å². The highest BCUT2D eigenvalue weighted by Crippen LogP contribution is 2.36. The molecule has 36 heavy (non-hydrogen) atoms. The molecular formula is C25H27ClN2O7S. The first-order valence-electron chi connectivity index (χ1n) is 10.7. The number of nitrogens with zero attached hydrogens (tertiary/aromatic N) is 1. The summed E-state index contributed by atoms with van der Waals surface area (Å²) >= 11 is 6.15. The van der Waals surface area contributed by atoms with Gasteiger partial charge in [-0.1, -0.05) is 17.7 Å². The van der Waals surface area contributed by atoms with Crippen LogP contribution in [0.25, 0.3) is 0 Å². The minimum atomic E-state index is -4.23. The molecular weight excluding hydrogens is 508 g/mol. The lowest BCUT2D eigenvalue weighted by molar-refractivity contribution is -0.114. The van der Waals surface area contributed by atoms with Crippen LogP contribution in [0, 0.1) is 6.92 Å². The van der Waals surface area contributed by atoms with E-state index in [9.17, 15) is 13.2 Å². The molecule has 9 nitrogen and oxygen atoms in total. The third-order valence-electron chi connectivity index (χ3n) is 5.28. The first-order valence-corrected chi connectivity index (χ1v) is 12.5. The molecule has 0 saturated carbocycles. The molecule has 0 saturated heterocycles. The van der Waals surface area contributed by atoms with Crippen molar-refractivity contribution < 1.29 is 32.2 Å². The lowest BCUT2D eigenvalue weighted by atomic mass is 10.2. The van der Waals surface area contributed by atoms with Gasteiger partial charge in [0.05, 0.1) is 44.8 Å². The fourth-order valence-corrected chi connectivity index (χ4v) is 5.34. The number of nitrogens with one attached hydrogen (secondary N) is 1. The number of methoxy groups -OCH3 is 4. The number of benzene rings is 3. The number of sulfonamides is 1. The van der Waals surface area contributed by atoms with E-state index in [1.165, 1.54) is 46.6 Å². The Labute approximate surface area is 215 Å². The topological polar surface area (TPSA) is 103 Å². The number of hydrogen-bond donors (Lipinski definition) is 1. The highest BCUT2D eigenvalue weighted by Gasteiger charge is 2.30. The Kier molecular flexibility index (Phi) is 8.54. The summed E-state index contributed by atoms with van der Waals surface area (Å²) in [7, 11) is 1.51. The molecule has 11 heteroatoms. The van der Waals surface area contributed by atoms with Crippen LogP contribution in [0.2, 0.25) is 5.02 Å².